The molecule has 0 bridgehead atoms. The monoisotopic (exact) mass is 323 g/mol. The first-order valence-electron chi connectivity index (χ1n) is 7.68. The van der Waals surface area contributed by atoms with Crippen LogP contribution in [0.25, 0.3) is 28.3 Å². The lowest BCUT2D eigenvalue weighted by molar-refractivity contribution is 0.566. The van der Waals surface area contributed by atoms with Crippen LogP contribution < -0.4 is 5.56 Å². The van der Waals surface area contributed by atoms with Crippen molar-refractivity contribution in [2.24, 2.45) is 7.05 Å². The first kappa shape index (κ1) is 14.4. The molecule has 0 atom stereocenters. The number of aromatic amines is 1. The number of aromatic nitrogens is 7. The van der Waals surface area contributed by atoms with Gasteiger partial charge in [0.15, 0.2) is 5.82 Å². The molecule has 0 unspecified atom stereocenters. The van der Waals surface area contributed by atoms with Crippen molar-refractivity contribution in [3.05, 3.63) is 47.4 Å². The van der Waals surface area contributed by atoms with Crippen LogP contribution in [0.4, 0.5) is 0 Å². The maximum absolute atomic E-state index is 13.0. The van der Waals surface area contributed by atoms with Crippen LogP contribution in [-0.2, 0) is 7.05 Å². The molecule has 0 spiro atoms. The Kier molecular flexibility index (Phi) is 3.12. The average molecular weight is 323 g/mol. The fourth-order valence-electron chi connectivity index (χ4n) is 2.84. The van der Waals surface area contributed by atoms with E-state index in [0.29, 0.717) is 11.5 Å². The standard InChI is InChI=1S/C16H17N7O/c1-10(2)22-14(11-4-5-21(3)9-11)20-23-13(12-6-18-19-7-12)8-17-15(23)16(22)24/h4-10H,1-3H3,(H,18,19). The lowest BCUT2D eigenvalue weighted by Crippen LogP contribution is -2.27. The quantitative estimate of drug-likeness (QED) is 0.623. The summed E-state index contributed by atoms with van der Waals surface area (Å²) in [7, 11) is 1.94. The molecule has 122 valence electrons. The Hall–Kier alpha value is -3.16. The minimum atomic E-state index is -0.159. The molecule has 0 amide bonds. The highest BCUT2D eigenvalue weighted by atomic mass is 16.1. The van der Waals surface area contributed by atoms with Gasteiger partial charge in [-0.15, -0.1) is 5.10 Å². The average Bonchev–Trinajstić information content (AvgIpc) is 3.25. The second kappa shape index (κ2) is 5.19. The molecule has 4 rings (SSSR count). The predicted molar refractivity (Wildman–Crippen MR) is 89.6 cm³/mol. The number of hydrogen-bond acceptors (Lipinski definition) is 4. The van der Waals surface area contributed by atoms with Gasteiger partial charge in [0.05, 0.1) is 18.1 Å². The Morgan fingerprint density at radius 1 is 1.21 bits per heavy atom. The van der Waals surface area contributed by atoms with E-state index in [4.69, 9.17) is 5.10 Å². The fraction of sp³-hybridized carbons (Fsp3) is 0.250. The van der Waals surface area contributed by atoms with E-state index in [1.165, 1.54) is 0 Å². The number of H-pyrrole nitrogens is 1. The number of imidazole rings is 1. The van der Waals surface area contributed by atoms with Gasteiger partial charge >= 0.3 is 0 Å². The number of aryl methyl sites for hydroxylation is 1. The van der Waals surface area contributed by atoms with Crippen molar-refractivity contribution in [2.75, 3.05) is 0 Å². The summed E-state index contributed by atoms with van der Waals surface area (Å²) < 4.78 is 5.20. The van der Waals surface area contributed by atoms with Crippen LogP contribution >= 0.6 is 0 Å². The Morgan fingerprint density at radius 3 is 2.67 bits per heavy atom. The zero-order valence-corrected chi connectivity index (χ0v) is 13.6. The first-order valence-corrected chi connectivity index (χ1v) is 7.68. The highest BCUT2D eigenvalue weighted by Crippen LogP contribution is 2.22. The molecule has 4 heterocycles. The van der Waals surface area contributed by atoms with Crippen molar-refractivity contribution in [3.63, 3.8) is 0 Å². The van der Waals surface area contributed by atoms with E-state index >= 15 is 0 Å². The zero-order valence-electron chi connectivity index (χ0n) is 13.6. The highest BCUT2D eigenvalue weighted by molar-refractivity contribution is 5.63. The molecule has 0 aromatic carbocycles. The highest BCUT2D eigenvalue weighted by Gasteiger charge is 2.19. The second-order valence-corrected chi connectivity index (χ2v) is 6.02. The van der Waals surface area contributed by atoms with Gasteiger partial charge in [-0.1, -0.05) is 0 Å². The van der Waals surface area contributed by atoms with Crippen LogP contribution in [0.3, 0.4) is 0 Å². The van der Waals surface area contributed by atoms with Crippen molar-refractivity contribution < 1.29 is 0 Å². The molecular formula is C16H17N7O. The topological polar surface area (TPSA) is 85.8 Å². The molecular weight excluding hydrogens is 306 g/mol. The van der Waals surface area contributed by atoms with Crippen molar-refractivity contribution in [3.8, 4) is 22.6 Å². The van der Waals surface area contributed by atoms with Crippen LogP contribution in [0.2, 0.25) is 0 Å². The summed E-state index contributed by atoms with van der Waals surface area (Å²) in [6.45, 7) is 3.93. The Bertz CT molecular complexity index is 1070. The molecule has 0 fully saturated rings. The number of hydrogen-bond donors (Lipinski definition) is 1. The van der Waals surface area contributed by atoms with Gasteiger partial charge in [0.25, 0.3) is 5.56 Å². The Morgan fingerprint density at radius 2 is 2.04 bits per heavy atom. The van der Waals surface area contributed by atoms with Crippen LogP contribution in [-0.4, -0.2) is 33.9 Å². The SMILES string of the molecule is CC(C)n1c(-c2ccn(C)c2)nn2c(-c3cn[nH]c3)cnc2c1=O. The largest absolute Gasteiger partial charge is 0.357 e. The summed E-state index contributed by atoms with van der Waals surface area (Å²) in [6.07, 6.45) is 8.96. The summed E-state index contributed by atoms with van der Waals surface area (Å²) in [5.74, 6) is 0.617. The summed E-state index contributed by atoms with van der Waals surface area (Å²) in [5.41, 5.74) is 2.59. The molecule has 0 aliphatic carbocycles. The van der Waals surface area contributed by atoms with Crippen LogP contribution in [0.15, 0.2) is 41.8 Å². The zero-order chi connectivity index (χ0) is 16.8. The summed E-state index contributed by atoms with van der Waals surface area (Å²) in [6, 6.07) is 1.92. The third-order valence-corrected chi connectivity index (χ3v) is 3.97. The fourth-order valence-corrected chi connectivity index (χ4v) is 2.84. The van der Waals surface area contributed by atoms with Crippen molar-refractivity contribution >= 4 is 5.65 Å². The molecule has 0 aliphatic rings. The summed E-state index contributed by atoms with van der Waals surface area (Å²) in [5, 5.41) is 11.4. The minimum Gasteiger partial charge on any atom is -0.357 e. The Labute approximate surface area is 137 Å². The molecule has 24 heavy (non-hydrogen) atoms. The molecule has 4 aromatic heterocycles. The third-order valence-electron chi connectivity index (χ3n) is 3.97. The van der Waals surface area contributed by atoms with Gasteiger partial charge in [-0.25, -0.2) is 9.50 Å². The van der Waals surface area contributed by atoms with E-state index in [0.717, 1.165) is 16.8 Å². The van der Waals surface area contributed by atoms with Crippen LogP contribution in [0.1, 0.15) is 19.9 Å². The maximum Gasteiger partial charge on any atom is 0.297 e. The molecule has 0 saturated carbocycles. The summed E-state index contributed by atoms with van der Waals surface area (Å²) >= 11 is 0. The minimum absolute atomic E-state index is 0.0284. The van der Waals surface area contributed by atoms with E-state index in [-0.39, 0.29) is 11.6 Å². The number of fused-ring (bicyclic) bond motifs is 1. The van der Waals surface area contributed by atoms with Crippen LogP contribution in [0, 0.1) is 0 Å². The Balaban J connectivity index is 2.08. The molecule has 1 N–H and O–H groups in total. The van der Waals surface area contributed by atoms with Crippen LogP contribution in [0.5, 0.6) is 0 Å². The lowest BCUT2D eigenvalue weighted by atomic mass is 10.2. The van der Waals surface area contributed by atoms with Crippen molar-refractivity contribution in [1.29, 1.82) is 0 Å². The van der Waals surface area contributed by atoms with Gasteiger partial charge in [0.2, 0.25) is 5.65 Å². The van der Waals surface area contributed by atoms with Gasteiger partial charge in [-0.05, 0) is 19.9 Å². The van der Waals surface area contributed by atoms with Gasteiger partial charge in [-0.3, -0.25) is 14.5 Å². The van der Waals surface area contributed by atoms with Gasteiger partial charge < -0.3 is 4.57 Å². The van der Waals surface area contributed by atoms with Gasteiger partial charge in [-0.2, -0.15) is 5.10 Å². The first-order chi connectivity index (χ1) is 11.6. The number of nitrogens with one attached hydrogen (secondary N) is 1. The smallest absolute Gasteiger partial charge is 0.297 e. The van der Waals surface area contributed by atoms with E-state index in [2.05, 4.69) is 15.2 Å². The van der Waals surface area contributed by atoms with Gasteiger partial charge in [0.1, 0.15) is 0 Å². The number of nitrogens with zero attached hydrogens (tertiary/aromatic N) is 6. The lowest BCUT2D eigenvalue weighted by Gasteiger charge is -2.15. The van der Waals surface area contributed by atoms with Crippen molar-refractivity contribution in [1.82, 2.24) is 33.9 Å². The molecule has 0 radical (unpaired) electrons. The van der Waals surface area contributed by atoms with Crippen molar-refractivity contribution in [2.45, 2.75) is 19.9 Å². The predicted octanol–water partition coefficient (Wildman–Crippen LogP) is 1.87. The molecule has 4 aromatic rings. The van der Waals surface area contributed by atoms with E-state index in [1.807, 2.05) is 43.9 Å². The normalized spacial score (nSPS) is 11.7. The third kappa shape index (κ3) is 2.07. The van der Waals surface area contributed by atoms with E-state index < -0.39 is 0 Å². The second-order valence-electron chi connectivity index (χ2n) is 6.02. The van der Waals surface area contributed by atoms with E-state index in [9.17, 15) is 4.79 Å². The maximum atomic E-state index is 13.0. The molecule has 0 saturated heterocycles. The van der Waals surface area contributed by atoms with Gasteiger partial charge in [0, 0.05) is 42.8 Å². The number of rotatable bonds is 3. The molecule has 8 nitrogen and oxygen atoms in total. The summed E-state index contributed by atoms with van der Waals surface area (Å²) in [4.78, 5) is 17.2. The van der Waals surface area contributed by atoms with E-state index in [1.54, 1.807) is 27.7 Å². The molecule has 0 aliphatic heterocycles. The molecule has 8 heteroatoms.